The lowest BCUT2D eigenvalue weighted by atomic mass is 9.89. The minimum absolute atomic E-state index is 0.232. The summed E-state index contributed by atoms with van der Waals surface area (Å²) in [7, 11) is -4.42. The molecule has 222 valence electrons. The summed E-state index contributed by atoms with van der Waals surface area (Å²) < 4.78 is 29.9. The third-order valence-electron chi connectivity index (χ3n) is 6.80. The van der Waals surface area contributed by atoms with Crippen LogP contribution < -0.4 is 0 Å². The number of amides is 3. The fraction of sp³-hybridized carbons (Fsp3) is 0.333. The molecule has 0 bridgehead atoms. The van der Waals surface area contributed by atoms with Crippen LogP contribution in [-0.2, 0) is 30.8 Å². The smallest absolute Gasteiger partial charge is 0.331 e. The highest BCUT2D eigenvalue weighted by Crippen LogP contribution is 2.38. The Labute approximate surface area is 236 Å². The van der Waals surface area contributed by atoms with Crippen molar-refractivity contribution in [3.63, 3.8) is 0 Å². The number of aliphatic hydroxyl groups is 2. The molecule has 1 saturated heterocycles. The van der Waals surface area contributed by atoms with E-state index in [0.29, 0.717) is 21.6 Å². The molecule has 2 heterocycles. The zero-order valence-electron chi connectivity index (χ0n) is 21.7. The number of nitro groups is 2. The average molecular weight is 607 g/mol. The summed E-state index contributed by atoms with van der Waals surface area (Å²) in [6, 6.07) is 1.83. The van der Waals surface area contributed by atoms with Gasteiger partial charge in [-0.25, -0.2) is 13.2 Å². The number of carbonyl (C=O) groups is 4. The molecular formula is C24H22N4O13S. The largest absolute Gasteiger partial charge is 0.459 e. The summed E-state index contributed by atoms with van der Waals surface area (Å²) in [5.41, 5.74) is -3.65. The van der Waals surface area contributed by atoms with Gasteiger partial charge in [0.1, 0.15) is 18.7 Å². The Balaban J connectivity index is 1.65. The third-order valence-corrected chi connectivity index (χ3v) is 7.96. The minimum atomic E-state index is -4.42. The second-order valence-corrected chi connectivity index (χ2v) is 11.7. The van der Waals surface area contributed by atoms with Crippen molar-refractivity contribution in [2.24, 2.45) is 0 Å². The SMILES string of the molecule is CC(O)C(C(=O)OCc1ccc([N+](=O)[O-])cc1)N1C(=O)C(N2C(=O)c3ccc([N+](=O)[O-])cc3C2=O)C1C(O)S(C)(=O)=O. The van der Waals surface area contributed by atoms with E-state index in [1.165, 1.54) is 12.1 Å². The van der Waals surface area contributed by atoms with E-state index < -0.39 is 90.9 Å². The van der Waals surface area contributed by atoms with E-state index in [1.807, 2.05) is 0 Å². The Kier molecular flexibility index (Phi) is 7.81. The maximum atomic E-state index is 13.4. The third kappa shape index (κ3) is 5.17. The summed E-state index contributed by atoms with van der Waals surface area (Å²) >= 11 is 0. The van der Waals surface area contributed by atoms with Crippen molar-refractivity contribution in [1.29, 1.82) is 0 Å². The number of sulfone groups is 1. The average Bonchev–Trinajstić information content (AvgIpc) is 3.16. The Morgan fingerprint density at radius 3 is 2.05 bits per heavy atom. The highest BCUT2D eigenvalue weighted by atomic mass is 32.2. The second kappa shape index (κ2) is 10.9. The van der Waals surface area contributed by atoms with Crippen molar-refractivity contribution >= 4 is 44.9 Å². The van der Waals surface area contributed by atoms with Gasteiger partial charge in [-0.2, -0.15) is 0 Å². The van der Waals surface area contributed by atoms with Gasteiger partial charge < -0.3 is 19.8 Å². The number of ether oxygens (including phenoxy) is 1. The standard InChI is InChI=1S/C24H22N4O13S/c1-11(29)17(23(33)41-10-12-3-5-13(6-4-12)27(35)36)25-19(24(34)42(2,39)40)18(22(25)32)26-20(30)15-8-7-14(28(37)38)9-16(15)21(26)31/h3-9,11,17-19,24,29,34H,10H2,1-2H3. The van der Waals surface area contributed by atoms with Crippen LogP contribution in [0.2, 0.25) is 0 Å². The van der Waals surface area contributed by atoms with E-state index in [4.69, 9.17) is 4.74 Å². The van der Waals surface area contributed by atoms with Crippen LogP contribution in [-0.4, -0.2) is 97.9 Å². The Morgan fingerprint density at radius 1 is 0.976 bits per heavy atom. The predicted octanol–water partition coefficient (Wildman–Crippen LogP) is -0.466. The van der Waals surface area contributed by atoms with Crippen LogP contribution in [0.15, 0.2) is 42.5 Å². The van der Waals surface area contributed by atoms with Crippen molar-refractivity contribution in [3.05, 3.63) is 79.4 Å². The molecule has 1 fully saturated rings. The van der Waals surface area contributed by atoms with Gasteiger partial charge in [0.05, 0.1) is 27.1 Å². The maximum Gasteiger partial charge on any atom is 0.331 e. The number of non-ortho nitro benzene ring substituents is 2. The van der Waals surface area contributed by atoms with Crippen molar-refractivity contribution in [3.8, 4) is 0 Å². The highest BCUT2D eigenvalue weighted by Gasteiger charge is 2.63. The van der Waals surface area contributed by atoms with Gasteiger partial charge in [0.15, 0.2) is 21.3 Å². The van der Waals surface area contributed by atoms with Crippen molar-refractivity contribution in [1.82, 2.24) is 9.80 Å². The predicted molar refractivity (Wildman–Crippen MR) is 137 cm³/mol. The van der Waals surface area contributed by atoms with Crippen LogP contribution in [0.25, 0.3) is 0 Å². The monoisotopic (exact) mass is 606 g/mol. The fourth-order valence-electron chi connectivity index (χ4n) is 4.76. The molecule has 2 aliphatic rings. The number of likely N-dealkylation sites (tertiary alicyclic amines) is 1. The zero-order valence-corrected chi connectivity index (χ0v) is 22.5. The van der Waals surface area contributed by atoms with Crippen LogP contribution in [0, 0.1) is 20.2 Å². The van der Waals surface area contributed by atoms with Crippen molar-refractivity contribution < 1.29 is 52.4 Å². The van der Waals surface area contributed by atoms with Gasteiger partial charge in [-0.3, -0.25) is 39.5 Å². The van der Waals surface area contributed by atoms with Gasteiger partial charge in [0.2, 0.25) is 5.91 Å². The summed E-state index contributed by atoms with van der Waals surface area (Å²) in [6.07, 6.45) is -1.11. The lowest BCUT2D eigenvalue weighted by Gasteiger charge is -2.53. The lowest BCUT2D eigenvalue weighted by Crippen LogP contribution is -2.79. The van der Waals surface area contributed by atoms with Crippen molar-refractivity contribution in [2.75, 3.05) is 6.26 Å². The molecule has 2 aliphatic heterocycles. The van der Waals surface area contributed by atoms with Gasteiger partial charge >= 0.3 is 5.97 Å². The van der Waals surface area contributed by atoms with E-state index in [-0.39, 0.29) is 11.3 Å². The number of imide groups is 1. The number of carbonyl (C=O) groups excluding carboxylic acids is 4. The summed E-state index contributed by atoms with van der Waals surface area (Å²) in [4.78, 5) is 74.1. The molecule has 2 aromatic carbocycles. The van der Waals surface area contributed by atoms with E-state index in [2.05, 4.69) is 0 Å². The van der Waals surface area contributed by atoms with Crippen LogP contribution in [0.4, 0.5) is 11.4 Å². The van der Waals surface area contributed by atoms with Crippen molar-refractivity contribution in [2.45, 2.75) is 43.2 Å². The molecule has 4 rings (SSSR count). The number of β-lactam (4-membered cyclic amide) rings is 1. The Morgan fingerprint density at radius 2 is 1.52 bits per heavy atom. The molecule has 2 N–H and O–H groups in total. The molecule has 0 radical (unpaired) electrons. The fourth-order valence-corrected chi connectivity index (χ4v) is 5.54. The summed E-state index contributed by atoms with van der Waals surface area (Å²) in [6.45, 7) is 0.603. The van der Waals surface area contributed by atoms with E-state index >= 15 is 0 Å². The first-order valence-corrected chi connectivity index (χ1v) is 13.9. The molecule has 3 amide bonds. The molecular weight excluding hydrogens is 584 g/mol. The summed E-state index contributed by atoms with van der Waals surface area (Å²) in [5.74, 6) is -4.71. The first-order chi connectivity index (χ1) is 19.6. The van der Waals surface area contributed by atoms with Gasteiger partial charge in [0.25, 0.3) is 23.2 Å². The van der Waals surface area contributed by atoms with Crippen LogP contribution in [0.3, 0.4) is 0 Å². The number of esters is 1. The van der Waals surface area contributed by atoms with Crippen LogP contribution >= 0.6 is 0 Å². The molecule has 5 atom stereocenters. The van der Waals surface area contributed by atoms with Crippen LogP contribution in [0.1, 0.15) is 33.2 Å². The van der Waals surface area contributed by atoms with Gasteiger partial charge in [-0.05, 0) is 30.7 Å². The number of nitro benzene ring substituents is 2. The highest BCUT2D eigenvalue weighted by molar-refractivity contribution is 7.91. The number of aliphatic hydroxyl groups excluding tert-OH is 2. The number of fused-ring (bicyclic) bond motifs is 1. The lowest BCUT2D eigenvalue weighted by molar-refractivity contribution is -0.385. The number of rotatable bonds is 10. The Hall–Kier alpha value is -4.81. The van der Waals surface area contributed by atoms with E-state index in [9.17, 15) is 58.0 Å². The molecule has 2 aromatic rings. The zero-order chi connectivity index (χ0) is 31.3. The van der Waals surface area contributed by atoms with Crippen LogP contribution in [0.5, 0.6) is 0 Å². The molecule has 0 saturated carbocycles. The van der Waals surface area contributed by atoms with E-state index in [0.717, 1.165) is 37.3 Å². The summed E-state index contributed by atoms with van der Waals surface area (Å²) in [5, 5.41) is 43.1. The number of benzene rings is 2. The quantitative estimate of drug-likeness (QED) is 0.114. The number of hydrogen-bond donors (Lipinski definition) is 2. The minimum Gasteiger partial charge on any atom is -0.459 e. The van der Waals surface area contributed by atoms with Gasteiger partial charge in [-0.15, -0.1) is 0 Å². The molecule has 17 nitrogen and oxygen atoms in total. The first kappa shape index (κ1) is 30.2. The molecule has 0 aromatic heterocycles. The molecule has 0 spiro atoms. The van der Waals surface area contributed by atoms with Gasteiger partial charge in [0, 0.05) is 30.5 Å². The second-order valence-electron chi connectivity index (χ2n) is 9.59. The van der Waals surface area contributed by atoms with Gasteiger partial charge in [-0.1, -0.05) is 0 Å². The maximum absolute atomic E-state index is 13.4. The molecule has 42 heavy (non-hydrogen) atoms. The molecule has 18 heteroatoms. The topological polar surface area (TPSA) is 245 Å². The molecule has 5 unspecified atom stereocenters. The first-order valence-electron chi connectivity index (χ1n) is 12.0. The normalized spacial score (nSPS) is 20.4. The Bertz CT molecular complexity index is 1620. The number of hydrogen-bond acceptors (Lipinski definition) is 13. The van der Waals surface area contributed by atoms with E-state index in [1.54, 1.807) is 0 Å². The molecule has 0 aliphatic carbocycles. The number of nitrogens with zero attached hydrogens (tertiary/aromatic N) is 4.